The highest BCUT2D eigenvalue weighted by Gasteiger charge is 2.30. The fourth-order valence-corrected chi connectivity index (χ4v) is 4.96. The van der Waals surface area contributed by atoms with Gasteiger partial charge in [-0.2, -0.15) is 0 Å². The summed E-state index contributed by atoms with van der Waals surface area (Å²) in [6.45, 7) is 2.77. The Morgan fingerprint density at radius 3 is 2.73 bits per heavy atom. The number of piperidine rings is 1. The van der Waals surface area contributed by atoms with Gasteiger partial charge in [0.25, 0.3) is 10.0 Å². The molecule has 0 bridgehead atoms. The van der Waals surface area contributed by atoms with Gasteiger partial charge in [-0.1, -0.05) is 11.6 Å². The van der Waals surface area contributed by atoms with Gasteiger partial charge in [-0.15, -0.1) is 0 Å². The lowest BCUT2D eigenvalue weighted by Gasteiger charge is -2.33. The Morgan fingerprint density at radius 1 is 1.33 bits per heavy atom. The molecule has 12 heteroatoms. The number of esters is 1. The molecule has 178 valence electrons. The highest BCUT2D eigenvalue weighted by molar-refractivity contribution is 7.92. The second-order valence-electron chi connectivity index (χ2n) is 7.34. The van der Waals surface area contributed by atoms with Crippen molar-refractivity contribution in [2.75, 3.05) is 36.4 Å². The van der Waals surface area contributed by atoms with E-state index in [-0.39, 0.29) is 52.0 Å². The number of carboxylic acids is 1. The molecule has 10 nitrogen and oxygen atoms in total. The first-order chi connectivity index (χ1) is 15.7. The molecule has 2 heterocycles. The third-order valence-electron chi connectivity index (χ3n) is 5.12. The van der Waals surface area contributed by atoms with E-state index in [4.69, 9.17) is 21.1 Å². The quantitative estimate of drug-likeness (QED) is 0.527. The first-order valence-electron chi connectivity index (χ1n) is 10.2. The van der Waals surface area contributed by atoms with Crippen molar-refractivity contribution >= 4 is 45.1 Å². The van der Waals surface area contributed by atoms with Gasteiger partial charge in [0.05, 0.1) is 41.4 Å². The largest absolute Gasteiger partial charge is 0.495 e. The monoisotopic (exact) mass is 497 g/mol. The Morgan fingerprint density at radius 2 is 2.09 bits per heavy atom. The van der Waals surface area contributed by atoms with Crippen LogP contribution in [-0.2, 0) is 19.6 Å². The molecule has 3 rings (SSSR count). The fraction of sp³-hybridized carbons (Fsp3) is 0.381. The standard InChI is InChI=1S/C21H24ClN3O7S/c1-3-32-21(28)13-5-4-8-25(12-13)19-16(20(26)27)9-14(11-23-19)24-33(29,30)15-6-7-18(31-2)17(22)10-15/h6-7,9-11,13,24H,3-5,8,12H2,1-2H3,(H,26,27)/t13-/m0/s1. The van der Waals surface area contributed by atoms with Crippen molar-refractivity contribution < 1.29 is 32.6 Å². The maximum absolute atomic E-state index is 12.8. The SMILES string of the molecule is CCOC(=O)[C@H]1CCCN(c2ncc(NS(=O)(=O)c3ccc(OC)c(Cl)c3)cc2C(=O)O)C1. The molecule has 2 aromatic rings. The van der Waals surface area contributed by atoms with Gasteiger partial charge >= 0.3 is 11.9 Å². The van der Waals surface area contributed by atoms with E-state index in [0.717, 1.165) is 0 Å². The number of sulfonamides is 1. The maximum atomic E-state index is 12.8. The first-order valence-corrected chi connectivity index (χ1v) is 12.0. The van der Waals surface area contributed by atoms with E-state index in [0.29, 0.717) is 25.1 Å². The summed E-state index contributed by atoms with van der Waals surface area (Å²) in [5.41, 5.74) is -0.213. The molecule has 0 saturated carbocycles. The molecule has 1 atom stereocenters. The highest BCUT2D eigenvalue weighted by Crippen LogP contribution is 2.30. The normalized spacial score (nSPS) is 16.2. The van der Waals surface area contributed by atoms with E-state index in [1.807, 2.05) is 0 Å². The molecule has 1 aliphatic heterocycles. The predicted octanol–water partition coefficient (Wildman–Crippen LogP) is 3.02. The van der Waals surface area contributed by atoms with E-state index in [1.54, 1.807) is 11.8 Å². The van der Waals surface area contributed by atoms with E-state index in [2.05, 4.69) is 9.71 Å². The Labute approximate surface area is 196 Å². The molecule has 2 N–H and O–H groups in total. The number of benzene rings is 1. The van der Waals surface area contributed by atoms with Gasteiger partial charge in [0.1, 0.15) is 17.1 Å². The van der Waals surface area contributed by atoms with Crippen LogP contribution in [0.2, 0.25) is 5.02 Å². The second kappa shape index (κ2) is 10.3. The van der Waals surface area contributed by atoms with Gasteiger partial charge in [0.2, 0.25) is 0 Å². The van der Waals surface area contributed by atoms with Crippen LogP contribution in [0.4, 0.5) is 11.5 Å². The Hall–Kier alpha value is -3.05. The van der Waals surface area contributed by atoms with Gasteiger partial charge in [-0.05, 0) is 44.0 Å². The zero-order chi connectivity index (χ0) is 24.2. The minimum Gasteiger partial charge on any atom is -0.495 e. The Kier molecular flexibility index (Phi) is 7.65. The van der Waals surface area contributed by atoms with Crippen LogP contribution in [0.15, 0.2) is 35.4 Å². The lowest BCUT2D eigenvalue weighted by molar-refractivity contribution is -0.148. The molecular weight excluding hydrogens is 474 g/mol. The zero-order valence-electron chi connectivity index (χ0n) is 18.1. The summed E-state index contributed by atoms with van der Waals surface area (Å²) in [5, 5.41) is 9.83. The average Bonchev–Trinajstić information content (AvgIpc) is 2.79. The number of aromatic nitrogens is 1. The average molecular weight is 498 g/mol. The lowest BCUT2D eigenvalue weighted by Crippen LogP contribution is -2.40. The molecule has 1 aromatic carbocycles. The van der Waals surface area contributed by atoms with E-state index < -0.39 is 16.0 Å². The third-order valence-corrected chi connectivity index (χ3v) is 6.80. The smallest absolute Gasteiger partial charge is 0.339 e. The van der Waals surface area contributed by atoms with Crippen molar-refractivity contribution in [3.8, 4) is 5.75 Å². The van der Waals surface area contributed by atoms with Crippen molar-refractivity contribution in [2.24, 2.45) is 5.92 Å². The van der Waals surface area contributed by atoms with E-state index >= 15 is 0 Å². The minimum atomic E-state index is -4.07. The molecule has 0 aliphatic carbocycles. The van der Waals surface area contributed by atoms with Crippen molar-refractivity contribution in [1.29, 1.82) is 0 Å². The molecule has 33 heavy (non-hydrogen) atoms. The summed E-state index contributed by atoms with van der Waals surface area (Å²) in [4.78, 5) is 29.8. The molecular formula is C21H24ClN3O7S. The Balaban J connectivity index is 1.86. The number of nitrogens with zero attached hydrogens (tertiary/aromatic N) is 2. The number of hydrogen-bond acceptors (Lipinski definition) is 8. The number of hydrogen-bond donors (Lipinski definition) is 2. The van der Waals surface area contributed by atoms with Crippen molar-refractivity contribution in [1.82, 2.24) is 4.98 Å². The van der Waals surface area contributed by atoms with E-state index in [1.165, 1.54) is 37.6 Å². The van der Waals surface area contributed by atoms with E-state index in [9.17, 15) is 23.1 Å². The topological polar surface area (TPSA) is 135 Å². The number of carbonyl (C=O) groups excluding carboxylic acids is 1. The number of carboxylic acid groups (broad SMARTS) is 1. The van der Waals surface area contributed by atoms with Crippen molar-refractivity contribution in [3.05, 3.63) is 41.0 Å². The van der Waals surface area contributed by atoms with Gasteiger partial charge in [0.15, 0.2) is 0 Å². The first kappa shape index (κ1) is 24.6. The van der Waals surface area contributed by atoms with Crippen LogP contribution >= 0.6 is 11.6 Å². The van der Waals surface area contributed by atoms with Crippen molar-refractivity contribution in [2.45, 2.75) is 24.7 Å². The van der Waals surface area contributed by atoms with Crippen LogP contribution in [0.25, 0.3) is 0 Å². The molecule has 0 spiro atoms. The number of halogens is 1. The predicted molar refractivity (Wildman–Crippen MR) is 122 cm³/mol. The van der Waals surface area contributed by atoms with Gasteiger partial charge in [0, 0.05) is 13.1 Å². The number of pyridine rings is 1. The van der Waals surface area contributed by atoms with Gasteiger partial charge < -0.3 is 19.5 Å². The minimum absolute atomic E-state index is 0.0259. The molecule has 1 fully saturated rings. The molecule has 0 unspecified atom stereocenters. The summed E-state index contributed by atoms with van der Waals surface area (Å²) >= 11 is 6.02. The number of ether oxygens (including phenoxy) is 2. The molecule has 1 aliphatic rings. The number of nitrogens with one attached hydrogen (secondary N) is 1. The van der Waals surface area contributed by atoms with Crippen LogP contribution in [-0.4, -0.2) is 57.3 Å². The summed E-state index contributed by atoms with van der Waals surface area (Å²) in [5.74, 6) is -1.52. The third kappa shape index (κ3) is 5.66. The van der Waals surface area contributed by atoms with Gasteiger partial charge in [-0.25, -0.2) is 18.2 Å². The second-order valence-corrected chi connectivity index (χ2v) is 9.43. The lowest BCUT2D eigenvalue weighted by atomic mass is 9.98. The van der Waals surface area contributed by atoms with Crippen molar-refractivity contribution in [3.63, 3.8) is 0 Å². The molecule has 0 radical (unpaired) electrons. The fourth-order valence-electron chi connectivity index (χ4n) is 3.57. The number of aromatic carboxylic acids is 1. The molecule has 1 aromatic heterocycles. The van der Waals surface area contributed by atoms with Gasteiger partial charge in [-0.3, -0.25) is 9.52 Å². The van der Waals surface area contributed by atoms with Crippen LogP contribution in [0, 0.1) is 5.92 Å². The summed E-state index contributed by atoms with van der Waals surface area (Å²) in [6.07, 6.45) is 2.54. The summed E-state index contributed by atoms with van der Waals surface area (Å²) in [6, 6.07) is 5.15. The number of carbonyl (C=O) groups is 2. The maximum Gasteiger partial charge on any atom is 0.339 e. The van der Waals surface area contributed by atoms with Crippen LogP contribution < -0.4 is 14.4 Å². The summed E-state index contributed by atoms with van der Waals surface area (Å²) in [7, 11) is -2.66. The molecule has 1 saturated heterocycles. The summed E-state index contributed by atoms with van der Waals surface area (Å²) < 4.78 is 37.9. The van der Waals surface area contributed by atoms with Crippen LogP contribution in [0.3, 0.4) is 0 Å². The molecule has 0 amide bonds. The number of anilines is 2. The highest BCUT2D eigenvalue weighted by atomic mass is 35.5. The Bertz CT molecular complexity index is 1160. The number of methoxy groups -OCH3 is 1. The van der Waals surface area contributed by atoms with Crippen LogP contribution in [0.5, 0.6) is 5.75 Å². The zero-order valence-corrected chi connectivity index (χ0v) is 19.6. The van der Waals surface area contributed by atoms with Crippen LogP contribution in [0.1, 0.15) is 30.1 Å². The number of rotatable bonds is 8.